The Kier molecular flexibility index (Phi) is 7.17. The summed E-state index contributed by atoms with van der Waals surface area (Å²) in [6.45, 7) is 4.06. The number of hydrogen-bond donors (Lipinski definition) is 2. The molecule has 0 aliphatic rings. The number of carbonyl (C=O) groups is 1. The zero-order valence-electron chi connectivity index (χ0n) is 9.75. The van der Waals surface area contributed by atoms with E-state index in [1.807, 2.05) is 13.8 Å². The molecule has 1 amide bonds. The van der Waals surface area contributed by atoms with E-state index in [2.05, 4.69) is 10.2 Å². The van der Waals surface area contributed by atoms with Crippen molar-refractivity contribution in [3.8, 4) is 0 Å². The Hall–Kier alpha value is -0.790. The maximum atomic E-state index is 10.6. The maximum absolute atomic E-state index is 10.6. The van der Waals surface area contributed by atoms with Gasteiger partial charge in [0.2, 0.25) is 11.8 Å². The molecule has 0 fully saturated rings. The van der Waals surface area contributed by atoms with E-state index >= 15 is 0 Å². The zero-order chi connectivity index (χ0) is 12.1. The van der Waals surface area contributed by atoms with Gasteiger partial charge in [0, 0.05) is 0 Å². The number of amides is 1. The molecule has 0 aliphatic carbocycles. The fourth-order valence-electron chi connectivity index (χ4n) is 1.04. The number of nitrogens with zero attached hydrogens (tertiary/aromatic N) is 2. The summed E-state index contributed by atoms with van der Waals surface area (Å²) >= 11 is 1.12. The highest BCUT2D eigenvalue weighted by Gasteiger charge is 2.19. The van der Waals surface area contributed by atoms with Crippen LogP contribution in [0.1, 0.15) is 32.2 Å². The third-order valence-corrected chi connectivity index (χ3v) is 3.14. The molecule has 0 aromatic carbocycles. The van der Waals surface area contributed by atoms with Gasteiger partial charge in [-0.1, -0.05) is 32.0 Å². The number of halogens is 1. The van der Waals surface area contributed by atoms with Crippen LogP contribution in [0.15, 0.2) is 9.64 Å². The van der Waals surface area contributed by atoms with Crippen molar-refractivity contribution in [1.82, 2.24) is 10.2 Å². The zero-order valence-corrected chi connectivity index (χ0v) is 11.4. The van der Waals surface area contributed by atoms with E-state index in [1.54, 1.807) is 0 Å². The normalized spacial score (nSPS) is 13.8. The summed E-state index contributed by atoms with van der Waals surface area (Å²) in [6.07, 6.45) is 0.938. The molecule has 0 radical (unpaired) electrons. The van der Waals surface area contributed by atoms with Crippen molar-refractivity contribution in [2.75, 3.05) is 5.75 Å². The molecule has 0 saturated heterocycles. The molecule has 2 atom stereocenters. The molecule has 1 heterocycles. The van der Waals surface area contributed by atoms with Crippen molar-refractivity contribution in [1.29, 1.82) is 0 Å². The van der Waals surface area contributed by atoms with Gasteiger partial charge in [-0.2, -0.15) is 0 Å². The van der Waals surface area contributed by atoms with E-state index in [0.29, 0.717) is 11.1 Å². The molecule has 1 aromatic rings. The van der Waals surface area contributed by atoms with E-state index in [1.165, 1.54) is 0 Å². The Bertz CT molecular complexity index is 361. The molecular weight excluding hydrogens is 264 g/mol. The van der Waals surface area contributed by atoms with Gasteiger partial charge in [-0.25, -0.2) is 0 Å². The molecule has 98 valence electrons. The Morgan fingerprint density at radius 1 is 1.53 bits per heavy atom. The second kappa shape index (κ2) is 7.52. The lowest BCUT2D eigenvalue weighted by atomic mass is 10.0. The number of aromatic nitrogens is 2. The summed E-state index contributed by atoms with van der Waals surface area (Å²) in [5, 5.41) is 7.96. The lowest BCUT2D eigenvalue weighted by Crippen LogP contribution is -2.18. The van der Waals surface area contributed by atoms with E-state index in [-0.39, 0.29) is 30.1 Å². The molecule has 4 N–H and O–H groups in total. The van der Waals surface area contributed by atoms with E-state index in [9.17, 15) is 4.79 Å². The molecule has 0 saturated carbocycles. The van der Waals surface area contributed by atoms with E-state index in [0.717, 1.165) is 18.2 Å². The summed E-state index contributed by atoms with van der Waals surface area (Å²) in [6, 6.07) is -0.263. The smallest absolute Gasteiger partial charge is 0.277 e. The second-order valence-corrected chi connectivity index (χ2v) is 4.50. The number of primary amides is 1. The van der Waals surface area contributed by atoms with Gasteiger partial charge < -0.3 is 15.9 Å². The molecule has 0 bridgehead atoms. The van der Waals surface area contributed by atoms with Gasteiger partial charge in [-0.3, -0.25) is 4.79 Å². The van der Waals surface area contributed by atoms with Crippen molar-refractivity contribution in [3.05, 3.63) is 5.89 Å². The van der Waals surface area contributed by atoms with Crippen LogP contribution < -0.4 is 11.5 Å². The van der Waals surface area contributed by atoms with Crippen LogP contribution >= 0.6 is 24.2 Å². The first kappa shape index (κ1) is 16.2. The van der Waals surface area contributed by atoms with Crippen molar-refractivity contribution >= 4 is 30.1 Å². The second-order valence-electron chi connectivity index (χ2n) is 3.57. The summed E-state index contributed by atoms with van der Waals surface area (Å²) in [7, 11) is 0. The van der Waals surface area contributed by atoms with E-state index < -0.39 is 5.91 Å². The highest BCUT2D eigenvalue weighted by molar-refractivity contribution is 7.99. The minimum absolute atomic E-state index is 0. The van der Waals surface area contributed by atoms with Gasteiger partial charge in [-0.15, -0.1) is 22.6 Å². The summed E-state index contributed by atoms with van der Waals surface area (Å²) in [5.74, 6) is 0.381. The first-order valence-electron chi connectivity index (χ1n) is 5.04. The largest absolute Gasteiger partial charge is 0.414 e. The van der Waals surface area contributed by atoms with Crippen LogP contribution in [-0.4, -0.2) is 21.9 Å². The Morgan fingerprint density at radius 3 is 2.71 bits per heavy atom. The predicted octanol–water partition coefficient (Wildman–Crippen LogP) is 1.11. The van der Waals surface area contributed by atoms with Crippen LogP contribution in [0.4, 0.5) is 0 Å². The van der Waals surface area contributed by atoms with Gasteiger partial charge in [-0.05, 0) is 5.92 Å². The average Bonchev–Trinajstić information content (AvgIpc) is 2.72. The molecule has 0 aliphatic heterocycles. The molecular formula is C9H17ClN4O2S. The third kappa shape index (κ3) is 4.93. The minimum Gasteiger partial charge on any atom is -0.414 e. The SMILES string of the molecule is CCC(C)[C@H](N)c1nnc(SCC(N)=O)o1.Cl. The monoisotopic (exact) mass is 280 g/mol. The predicted molar refractivity (Wildman–Crippen MR) is 67.8 cm³/mol. The van der Waals surface area contributed by atoms with Crippen molar-refractivity contribution in [2.24, 2.45) is 17.4 Å². The minimum atomic E-state index is -0.420. The highest BCUT2D eigenvalue weighted by atomic mass is 35.5. The highest BCUT2D eigenvalue weighted by Crippen LogP contribution is 2.23. The van der Waals surface area contributed by atoms with Crippen LogP contribution in [0.3, 0.4) is 0 Å². The number of thioether (sulfide) groups is 1. The molecule has 1 rings (SSSR count). The molecule has 8 heteroatoms. The standard InChI is InChI=1S/C9H16N4O2S.ClH/c1-3-5(2)7(11)8-12-13-9(15-8)16-4-6(10)14;/h5,7H,3-4,11H2,1-2H3,(H2,10,14);1H/t5?,7-;/m0./s1. The first-order chi connectivity index (χ1) is 7.54. The van der Waals surface area contributed by atoms with Crippen LogP contribution in [-0.2, 0) is 4.79 Å². The fourth-order valence-corrected chi connectivity index (χ4v) is 1.55. The van der Waals surface area contributed by atoms with Crippen LogP contribution in [0, 0.1) is 5.92 Å². The Morgan fingerprint density at radius 2 is 2.18 bits per heavy atom. The van der Waals surface area contributed by atoms with Gasteiger partial charge in [0.05, 0.1) is 11.8 Å². The number of rotatable bonds is 6. The van der Waals surface area contributed by atoms with Crippen molar-refractivity contribution in [3.63, 3.8) is 0 Å². The molecule has 1 aromatic heterocycles. The molecule has 0 spiro atoms. The molecule has 1 unspecified atom stereocenters. The number of nitrogens with two attached hydrogens (primary N) is 2. The van der Waals surface area contributed by atoms with E-state index in [4.69, 9.17) is 15.9 Å². The van der Waals surface area contributed by atoms with Gasteiger partial charge >= 0.3 is 0 Å². The van der Waals surface area contributed by atoms with Crippen LogP contribution in [0.2, 0.25) is 0 Å². The average molecular weight is 281 g/mol. The molecule has 6 nitrogen and oxygen atoms in total. The summed E-state index contributed by atoms with van der Waals surface area (Å²) in [5.41, 5.74) is 10.9. The van der Waals surface area contributed by atoms with Crippen molar-refractivity contribution in [2.45, 2.75) is 31.5 Å². The van der Waals surface area contributed by atoms with Crippen LogP contribution in [0.25, 0.3) is 0 Å². The lowest BCUT2D eigenvalue weighted by molar-refractivity contribution is -0.115. The summed E-state index contributed by atoms with van der Waals surface area (Å²) < 4.78 is 5.33. The van der Waals surface area contributed by atoms with Crippen LogP contribution in [0.5, 0.6) is 0 Å². The van der Waals surface area contributed by atoms with Crippen molar-refractivity contribution < 1.29 is 9.21 Å². The number of hydrogen-bond acceptors (Lipinski definition) is 6. The Labute approximate surface area is 110 Å². The molecule has 17 heavy (non-hydrogen) atoms. The number of carbonyl (C=O) groups excluding carboxylic acids is 1. The third-order valence-electron chi connectivity index (χ3n) is 2.30. The lowest BCUT2D eigenvalue weighted by Gasteiger charge is -2.13. The quantitative estimate of drug-likeness (QED) is 0.756. The first-order valence-corrected chi connectivity index (χ1v) is 6.03. The topological polar surface area (TPSA) is 108 Å². The van der Waals surface area contributed by atoms with Gasteiger partial charge in [0.15, 0.2) is 0 Å². The Balaban J connectivity index is 0.00000256. The fraction of sp³-hybridized carbons (Fsp3) is 0.667. The van der Waals surface area contributed by atoms with Gasteiger partial charge in [0.1, 0.15) is 0 Å². The summed E-state index contributed by atoms with van der Waals surface area (Å²) in [4.78, 5) is 10.6. The maximum Gasteiger partial charge on any atom is 0.277 e. The van der Waals surface area contributed by atoms with Gasteiger partial charge in [0.25, 0.3) is 5.22 Å².